The Balaban J connectivity index is 2.61. The second kappa shape index (κ2) is 7.39. The van der Waals surface area contributed by atoms with Crippen LogP contribution in [-0.2, 0) is 6.54 Å². The molecule has 18 heavy (non-hydrogen) atoms. The number of likely N-dealkylation sites (N-methyl/N-ethyl adjacent to an activating group) is 1. The Labute approximate surface area is 112 Å². The molecule has 102 valence electrons. The Hall–Kier alpha value is -1.06. The lowest BCUT2D eigenvalue weighted by Gasteiger charge is -2.24. The van der Waals surface area contributed by atoms with Gasteiger partial charge in [-0.2, -0.15) is 0 Å². The first-order chi connectivity index (χ1) is 8.52. The molecule has 0 fully saturated rings. The Morgan fingerprint density at radius 3 is 2.39 bits per heavy atom. The van der Waals surface area contributed by atoms with E-state index in [1.807, 2.05) is 0 Å². The van der Waals surface area contributed by atoms with Crippen LogP contribution in [0.5, 0.6) is 0 Å². The predicted octanol–water partition coefficient (Wildman–Crippen LogP) is 2.35. The van der Waals surface area contributed by atoms with E-state index in [1.54, 1.807) is 0 Å². The lowest BCUT2D eigenvalue weighted by atomic mass is 10.1. The molecule has 3 heteroatoms. The van der Waals surface area contributed by atoms with E-state index in [2.05, 4.69) is 55.9 Å². The molecule has 3 nitrogen and oxygen atoms in total. The minimum Gasteiger partial charge on any atom is -0.399 e. The van der Waals surface area contributed by atoms with E-state index in [0.717, 1.165) is 37.4 Å². The first-order valence-corrected chi connectivity index (χ1v) is 6.75. The highest BCUT2D eigenvalue weighted by molar-refractivity contribution is 5.48. The van der Waals surface area contributed by atoms with Crippen LogP contribution in [-0.4, -0.2) is 43.5 Å². The average Bonchev–Trinajstić information content (AvgIpc) is 2.31. The summed E-state index contributed by atoms with van der Waals surface area (Å²) in [5, 5.41) is 0. The third-order valence-corrected chi connectivity index (χ3v) is 3.15. The minimum atomic E-state index is 0.900. The molecule has 0 saturated carbocycles. The van der Waals surface area contributed by atoms with Crippen LogP contribution >= 0.6 is 0 Å². The summed E-state index contributed by atoms with van der Waals surface area (Å²) in [6, 6.07) is 6.40. The van der Waals surface area contributed by atoms with Gasteiger partial charge in [0.2, 0.25) is 0 Å². The highest BCUT2D eigenvalue weighted by Crippen LogP contribution is 2.14. The molecule has 1 aromatic rings. The summed E-state index contributed by atoms with van der Waals surface area (Å²) >= 11 is 0. The topological polar surface area (TPSA) is 32.5 Å². The van der Waals surface area contributed by atoms with Gasteiger partial charge in [-0.3, -0.25) is 4.90 Å². The molecule has 1 rings (SSSR count). The normalized spacial score (nSPS) is 11.4. The monoisotopic (exact) mass is 249 g/mol. The molecule has 0 amide bonds. The van der Waals surface area contributed by atoms with Crippen LogP contribution in [0.2, 0.25) is 0 Å². The molecule has 0 spiro atoms. The Morgan fingerprint density at radius 2 is 1.83 bits per heavy atom. The van der Waals surface area contributed by atoms with Crippen molar-refractivity contribution < 1.29 is 0 Å². The number of aryl methyl sites for hydroxylation is 1. The van der Waals surface area contributed by atoms with Crippen molar-refractivity contribution in [3.63, 3.8) is 0 Å². The fraction of sp³-hybridized carbons (Fsp3) is 0.600. The van der Waals surface area contributed by atoms with E-state index in [1.165, 1.54) is 12.0 Å². The van der Waals surface area contributed by atoms with Crippen molar-refractivity contribution in [2.24, 2.45) is 0 Å². The third kappa shape index (κ3) is 5.07. The Bertz CT molecular complexity index is 361. The second-order valence-electron chi connectivity index (χ2n) is 5.27. The maximum absolute atomic E-state index is 5.97. The molecule has 0 saturated heterocycles. The zero-order valence-electron chi connectivity index (χ0n) is 12.2. The van der Waals surface area contributed by atoms with Crippen LogP contribution in [0.3, 0.4) is 0 Å². The smallest absolute Gasteiger partial charge is 0.0346 e. The SMILES string of the molecule is CCCN(CCN(C)C)Cc1ccc(C)c(N)c1. The van der Waals surface area contributed by atoms with E-state index in [9.17, 15) is 0 Å². The maximum Gasteiger partial charge on any atom is 0.0346 e. The van der Waals surface area contributed by atoms with Gasteiger partial charge < -0.3 is 10.6 Å². The summed E-state index contributed by atoms with van der Waals surface area (Å²) in [6.45, 7) is 8.62. The van der Waals surface area contributed by atoms with Gasteiger partial charge in [0.1, 0.15) is 0 Å². The van der Waals surface area contributed by atoms with Crippen LogP contribution in [0.4, 0.5) is 5.69 Å². The first kappa shape index (κ1) is 15.0. The number of hydrogen-bond donors (Lipinski definition) is 1. The van der Waals surface area contributed by atoms with Crippen molar-refractivity contribution in [1.29, 1.82) is 0 Å². The molecule has 2 N–H and O–H groups in total. The maximum atomic E-state index is 5.97. The number of benzene rings is 1. The van der Waals surface area contributed by atoms with Gasteiger partial charge in [-0.1, -0.05) is 19.1 Å². The van der Waals surface area contributed by atoms with Crippen molar-refractivity contribution in [3.8, 4) is 0 Å². The number of nitrogens with two attached hydrogens (primary N) is 1. The fourth-order valence-electron chi connectivity index (χ4n) is 1.97. The number of hydrogen-bond acceptors (Lipinski definition) is 3. The highest BCUT2D eigenvalue weighted by atomic mass is 15.2. The first-order valence-electron chi connectivity index (χ1n) is 6.75. The quantitative estimate of drug-likeness (QED) is 0.753. The molecule has 0 heterocycles. The summed E-state index contributed by atoms with van der Waals surface area (Å²) < 4.78 is 0. The molecule has 0 aliphatic rings. The number of nitrogens with zero attached hydrogens (tertiary/aromatic N) is 2. The van der Waals surface area contributed by atoms with E-state index in [4.69, 9.17) is 5.73 Å². The van der Waals surface area contributed by atoms with Gasteiger partial charge in [0, 0.05) is 25.3 Å². The molecule has 0 unspecified atom stereocenters. The minimum absolute atomic E-state index is 0.900. The highest BCUT2D eigenvalue weighted by Gasteiger charge is 2.06. The summed E-state index contributed by atoms with van der Waals surface area (Å²) in [5.41, 5.74) is 9.34. The van der Waals surface area contributed by atoms with Gasteiger partial charge >= 0.3 is 0 Å². The standard InChI is InChI=1S/C15H27N3/c1-5-8-18(10-9-17(3)4)12-14-7-6-13(2)15(16)11-14/h6-7,11H,5,8-10,12,16H2,1-4H3. The van der Waals surface area contributed by atoms with Crippen molar-refractivity contribution in [2.75, 3.05) is 39.5 Å². The molecule has 0 aliphatic heterocycles. The summed E-state index contributed by atoms with van der Waals surface area (Å²) in [6.07, 6.45) is 1.19. The van der Waals surface area contributed by atoms with E-state index < -0.39 is 0 Å². The molecule has 0 radical (unpaired) electrons. The number of rotatable bonds is 7. The van der Waals surface area contributed by atoms with Crippen LogP contribution in [0.15, 0.2) is 18.2 Å². The molecule has 0 aromatic heterocycles. The zero-order chi connectivity index (χ0) is 13.5. The second-order valence-corrected chi connectivity index (χ2v) is 5.27. The predicted molar refractivity (Wildman–Crippen MR) is 79.7 cm³/mol. The van der Waals surface area contributed by atoms with Crippen molar-refractivity contribution in [1.82, 2.24) is 9.80 Å². The lowest BCUT2D eigenvalue weighted by molar-refractivity contribution is 0.234. The molecular formula is C15H27N3. The zero-order valence-corrected chi connectivity index (χ0v) is 12.2. The van der Waals surface area contributed by atoms with Crippen LogP contribution < -0.4 is 5.73 Å². The number of anilines is 1. The molecule has 1 aromatic carbocycles. The van der Waals surface area contributed by atoms with Crippen molar-refractivity contribution >= 4 is 5.69 Å². The van der Waals surface area contributed by atoms with Gasteiger partial charge in [0.15, 0.2) is 0 Å². The van der Waals surface area contributed by atoms with Crippen LogP contribution in [0.25, 0.3) is 0 Å². The fourth-order valence-corrected chi connectivity index (χ4v) is 1.97. The van der Waals surface area contributed by atoms with E-state index in [-0.39, 0.29) is 0 Å². The van der Waals surface area contributed by atoms with Gasteiger partial charge in [-0.15, -0.1) is 0 Å². The largest absolute Gasteiger partial charge is 0.399 e. The van der Waals surface area contributed by atoms with Crippen molar-refractivity contribution in [2.45, 2.75) is 26.8 Å². The summed E-state index contributed by atoms with van der Waals surface area (Å²) in [7, 11) is 4.24. The van der Waals surface area contributed by atoms with Crippen LogP contribution in [0, 0.1) is 6.92 Å². The third-order valence-electron chi connectivity index (χ3n) is 3.15. The van der Waals surface area contributed by atoms with Gasteiger partial charge in [0.05, 0.1) is 0 Å². The summed E-state index contributed by atoms with van der Waals surface area (Å²) in [5.74, 6) is 0. The molecule has 0 atom stereocenters. The van der Waals surface area contributed by atoms with Gasteiger partial charge in [-0.25, -0.2) is 0 Å². The van der Waals surface area contributed by atoms with Gasteiger partial charge in [0.25, 0.3) is 0 Å². The van der Waals surface area contributed by atoms with E-state index >= 15 is 0 Å². The Kier molecular flexibility index (Phi) is 6.16. The Morgan fingerprint density at radius 1 is 1.11 bits per heavy atom. The van der Waals surface area contributed by atoms with Crippen molar-refractivity contribution in [3.05, 3.63) is 29.3 Å². The average molecular weight is 249 g/mol. The van der Waals surface area contributed by atoms with Crippen LogP contribution in [0.1, 0.15) is 24.5 Å². The molecular weight excluding hydrogens is 222 g/mol. The molecule has 0 bridgehead atoms. The lowest BCUT2D eigenvalue weighted by Crippen LogP contribution is -2.32. The van der Waals surface area contributed by atoms with E-state index in [0.29, 0.717) is 0 Å². The van der Waals surface area contributed by atoms with Gasteiger partial charge in [-0.05, 0) is 51.2 Å². The molecule has 0 aliphatic carbocycles. The number of nitrogen functional groups attached to an aromatic ring is 1. The summed E-state index contributed by atoms with van der Waals surface area (Å²) in [4.78, 5) is 4.72.